The Hall–Kier alpha value is -5.99. The summed E-state index contributed by atoms with van der Waals surface area (Å²) in [7, 11) is -0.165. The Morgan fingerprint density at radius 2 is 0.833 bits per heavy atom. The van der Waals surface area contributed by atoms with Gasteiger partial charge in [-0.05, 0) is 43.3 Å². The second-order valence-electron chi connectivity index (χ2n) is 11.3. The van der Waals surface area contributed by atoms with Gasteiger partial charge >= 0.3 is 0 Å². The van der Waals surface area contributed by atoms with Gasteiger partial charge in [0, 0.05) is 11.1 Å². The molecule has 0 saturated carbocycles. The minimum atomic E-state index is -1.40. The molecule has 2 nitrogen and oxygen atoms in total. The third-order valence-electron chi connectivity index (χ3n) is 8.17. The van der Waals surface area contributed by atoms with Crippen molar-refractivity contribution in [3.8, 4) is 23.9 Å². The van der Waals surface area contributed by atoms with E-state index in [1.807, 2.05) is 73.7 Å². The zero-order chi connectivity index (χ0) is 33.4. The first-order valence-electron chi connectivity index (χ1n) is 15.9. The van der Waals surface area contributed by atoms with E-state index in [1.54, 1.807) is 0 Å². The van der Waals surface area contributed by atoms with Crippen molar-refractivity contribution in [2.24, 2.45) is 0 Å². The fourth-order valence-corrected chi connectivity index (χ4v) is 7.90. The zero-order valence-electron chi connectivity index (χ0n) is 26.9. The maximum atomic E-state index is 9.02. The average molecular weight is 635 g/mol. The highest BCUT2D eigenvalue weighted by Gasteiger charge is 2.28. The summed E-state index contributed by atoms with van der Waals surface area (Å²) in [6.07, 6.45) is -1.40. The summed E-state index contributed by atoms with van der Waals surface area (Å²) in [4.78, 5) is 2.44. The van der Waals surface area contributed by atoms with Crippen LogP contribution in [0.4, 0.5) is 0 Å². The van der Waals surface area contributed by atoms with Crippen LogP contribution in [0.3, 0.4) is 0 Å². The molecular formula is C44H35BN2S. The van der Waals surface area contributed by atoms with Crippen molar-refractivity contribution in [2.45, 2.75) is 16.7 Å². The molecule has 0 heterocycles. The molecule has 6 rings (SSSR count). The summed E-state index contributed by atoms with van der Waals surface area (Å²) in [6, 6.07) is 66.6. The fraction of sp³-hybridized carbons (Fsp3) is 0.0455. The maximum absolute atomic E-state index is 9.02. The molecule has 0 aliphatic rings. The molecule has 6 aromatic rings. The lowest BCUT2D eigenvalue weighted by Crippen LogP contribution is -2.66. The number of hydrogen-bond donors (Lipinski definition) is 0. The van der Waals surface area contributed by atoms with Crippen LogP contribution in [-0.4, -0.2) is 11.9 Å². The van der Waals surface area contributed by atoms with E-state index < -0.39 is 6.15 Å². The van der Waals surface area contributed by atoms with E-state index in [9.17, 15) is 0 Å². The van der Waals surface area contributed by atoms with E-state index in [0.29, 0.717) is 5.75 Å². The molecule has 0 unspecified atom stereocenters. The van der Waals surface area contributed by atoms with Crippen LogP contribution in [-0.2, 0) is 10.9 Å². The van der Waals surface area contributed by atoms with Crippen LogP contribution in [0.1, 0.15) is 12.5 Å². The second-order valence-corrected chi connectivity index (χ2v) is 13.3. The minimum Gasteiger partial charge on any atom is -0.292 e. The van der Waals surface area contributed by atoms with Crippen LogP contribution in [0.2, 0.25) is 0 Å². The maximum Gasteiger partial charge on any atom is 0.161 e. The molecule has 6 aromatic carbocycles. The average Bonchev–Trinajstić information content (AvgIpc) is 3.17. The summed E-state index contributed by atoms with van der Waals surface area (Å²) in [5, 5.41) is 18.0. The molecule has 0 aliphatic heterocycles. The first kappa shape index (κ1) is 33.4. The Morgan fingerprint density at radius 1 is 0.500 bits per heavy atom. The normalized spacial score (nSPS) is 10.2. The Kier molecular flexibility index (Phi) is 11.9. The molecule has 0 fully saturated rings. The van der Waals surface area contributed by atoms with E-state index in [1.165, 1.54) is 26.2 Å². The molecule has 0 aliphatic carbocycles. The van der Waals surface area contributed by atoms with Crippen LogP contribution < -0.4 is 16.4 Å². The highest BCUT2D eigenvalue weighted by atomic mass is 32.2. The van der Waals surface area contributed by atoms with Crippen LogP contribution in [0.15, 0.2) is 203 Å². The Morgan fingerprint density at radius 3 is 1.19 bits per heavy atom. The predicted octanol–water partition coefficient (Wildman–Crippen LogP) is 7.83. The van der Waals surface area contributed by atoms with Crippen LogP contribution >= 0.6 is 0 Å². The van der Waals surface area contributed by atoms with Crippen molar-refractivity contribution in [1.29, 1.82) is 10.5 Å². The van der Waals surface area contributed by atoms with Gasteiger partial charge in [-0.3, -0.25) is 5.82 Å². The molecule has 0 saturated heterocycles. The largest absolute Gasteiger partial charge is 0.292 e. The van der Waals surface area contributed by atoms with Crippen LogP contribution in [0, 0.1) is 34.4 Å². The quantitative estimate of drug-likeness (QED) is 0.0778. The van der Waals surface area contributed by atoms with E-state index in [0.717, 1.165) is 11.1 Å². The number of hydrogen-bond acceptors (Lipinski definition) is 2. The van der Waals surface area contributed by atoms with Gasteiger partial charge in [-0.25, -0.2) is 0 Å². The van der Waals surface area contributed by atoms with Crippen molar-refractivity contribution in [1.82, 2.24) is 0 Å². The first-order valence-corrected chi connectivity index (χ1v) is 17.3. The van der Waals surface area contributed by atoms with E-state index >= 15 is 0 Å². The minimum absolute atomic E-state index is 0.165. The second kappa shape index (κ2) is 17.1. The third kappa shape index (κ3) is 8.23. The topological polar surface area (TPSA) is 47.6 Å². The summed E-state index contributed by atoms with van der Waals surface area (Å²) in [5.41, 5.74) is 5.80. The molecule has 0 radical (unpaired) electrons. The molecule has 0 N–H and O–H groups in total. The van der Waals surface area contributed by atoms with E-state index in [-0.39, 0.29) is 16.5 Å². The molecule has 0 bridgehead atoms. The third-order valence-corrected chi connectivity index (χ3v) is 10.6. The number of nitriles is 2. The SMILES string of the molecule is C(#C[B-](c1ccccc1)(c1ccccc1)c1ccccc1)c1ccccc1.CC(C[S+](c1ccccc1)c1ccccc1)=C(C#N)C#N. The number of nitrogens with zero attached hydrogens (tertiary/aromatic N) is 2. The van der Waals surface area contributed by atoms with Gasteiger partial charge < -0.3 is 0 Å². The first-order chi connectivity index (χ1) is 23.7. The summed E-state index contributed by atoms with van der Waals surface area (Å²) < 4.78 is 0. The van der Waals surface area contributed by atoms with Gasteiger partial charge in [0.15, 0.2) is 9.79 Å². The van der Waals surface area contributed by atoms with Gasteiger partial charge in [-0.1, -0.05) is 146 Å². The van der Waals surface area contributed by atoms with Crippen LogP contribution in [0.5, 0.6) is 0 Å². The highest BCUT2D eigenvalue weighted by Crippen LogP contribution is 2.26. The fourth-order valence-electron chi connectivity index (χ4n) is 5.74. The lowest BCUT2D eigenvalue weighted by molar-refractivity contribution is 1.29. The Labute approximate surface area is 287 Å². The molecule has 230 valence electrons. The number of benzene rings is 6. The number of allylic oxidation sites excluding steroid dienone is 1. The van der Waals surface area contributed by atoms with Gasteiger partial charge in [-0.2, -0.15) is 26.9 Å². The summed E-state index contributed by atoms with van der Waals surface area (Å²) in [6.45, 7) is 1.87. The molecule has 0 aromatic heterocycles. The van der Waals surface area contributed by atoms with Gasteiger partial charge in [0.1, 0.15) is 29.6 Å². The van der Waals surface area contributed by atoms with Gasteiger partial charge in [0.2, 0.25) is 0 Å². The van der Waals surface area contributed by atoms with Crippen molar-refractivity contribution in [3.63, 3.8) is 0 Å². The summed E-state index contributed by atoms with van der Waals surface area (Å²) >= 11 is 0. The lowest BCUT2D eigenvalue weighted by atomic mass is 9.16. The standard InChI is InChI=1S/C26H20B.C18H15N2S/c1-5-13-23(14-6-1)21-22-27(24-15-7-2-8-16-24,25-17-9-3-10-18-25)26-19-11-4-12-20-26;1-15(16(12-19)13-20)14-21(17-8-4-2-5-9-17)18-10-6-3-7-11-18/h1-20H;2-11H,14H2,1H3/q-1;+1. The summed E-state index contributed by atoms with van der Waals surface area (Å²) in [5.74, 6) is 7.87. The number of rotatable bonds is 7. The predicted molar refractivity (Wildman–Crippen MR) is 203 cm³/mol. The van der Waals surface area contributed by atoms with E-state index in [2.05, 4.69) is 139 Å². The van der Waals surface area contributed by atoms with Gasteiger partial charge in [0.25, 0.3) is 0 Å². The molecule has 48 heavy (non-hydrogen) atoms. The molecule has 4 heteroatoms. The lowest BCUT2D eigenvalue weighted by Gasteiger charge is -2.38. The van der Waals surface area contributed by atoms with Crippen LogP contribution in [0.25, 0.3) is 0 Å². The highest BCUT2D eigenvalue weighted by molar-refractivity contribution is 7.97. The van der Waals surface area contributed by atoms with Gasteiger partial charge in [-0.15, -0.1) is 5.92 Å². The Balaban J connectivity index is 0.000000194. The zero-order valence-corrected chi connectivity index (χ0v) is 27.7. The van der Waals surface area contributed by atoms with Gasteiger partial charge in [0.05, 0.1) is 10.9 Å². The molecule has 0 spiro atoms. The molecular weight excluding hydrogens is 599 g/mol. The molecule has 0 atom stereocenters. The van der Waals surface area contributed by atoms with Crippen molar-refractivity contribution < 1.29 is 0 Å². The van der Waals surface area contributed by atoms with E-state index in [4.69, 9.17) is 10.5 Å². The Bertz CT molecular complexity index is 1910. The monoisotopic (exact) mass is 634 g/mol. The van der Waals surface area contributed by atoms with Crippen molar-refractivity contribution in [2.75, 3.05) is 5.75 Å². The van der Waals surface area contributed by atoms with Crippen molar-refractivity contribution in [3.05, 3.63) is 199 Å². The van der Waals surface area contributed by atoms with Crippen molar-refractivity contribution >= 4 is 33.4 Å². The molecule has 0 amide bonds. The smallest absolute Gasteiger partial charge is 0.161 e.